The number of benzene rings is 1. The highest BCUT2D eigenvalue weighted by molar-refractivity contribution is 6.30. The van der Waals surface area contributed by atoms with E-state index >= 15 is 0 Å². The highest BCUT2D eigenvalue weighted by Gasteiger charge is 2.20. The van der Waals surface area contributed by atoms with E-state index in [2.05, 4.69) is 5.32 Å². The average molecular weight is 260 g/mol. The van der Waals surface area contributed by atoms with Gasteiger partial charge in [-0.2, -0.15) is 0 Å². The van der Waals surface area contributed by atoms with Gasteiger partial charge in [0.2, 0.25) is 5.91 Å². The number of amides is 1. The van der Waals surface area contributed by atoms with Crippen LogP contribution in [0.15, 0.2) is 18.2 Å². The molecule has 0 unspecified atom stereocenters. The summed E-state index contributed by atoms with van der Waals surface area (Å²) in [5, 5.41) is 11.4. The van der Waals surface area contributed by atoms with Crippen molar-refractivity contribution in [2.45, 2.75) is 19.4 Å². The molecule has 1 aromatic rings. The minimum Gasteiger partial charge on any atom is -0.481 e. The van der Waals surface area contributed by atoms with Gasteiger partial charge < -0.3 is 10.4 Å². The predicted octanol–water partition coefficient (Wildman–Crippen LogP) is 2.13. The zero-order valence-corrected chi connectivity index (χ0v) is 9.79. The molecule has 0 aromatic heterocycles. The monoisotopic (exact) mass is 259 g/mol. The lowest BCUT2D eigenvalue weighted by molar-refractivity contribution is -0.137. The molecule has 0 spiro atoms. The Labute approximate surface area is 102 Å². The first-order valence-corrected chi connectivity index (χ1v) is 5.21. The van der Waals surface area contributed by atoms with Crippen LogP contribution in [0.1, 0.15) is 24.9 Å². The van der Waals surface area contributed by atoms with E-state index in [0.717, 1.165) is 6.07 Å². The summed E-state index contributed by atoms with van der Waals surface area (Å²) in [5.74, 6) is -2.17. The maximum absolute atomic E-state index is 13.5. The van der Waals surface area contributed by atoms with Gasteiger partial charge >= 0.3 is 5.97 Å². The normalized spacial score (nSPS) is 11.9. The summed E-state index contributed by atoms with van der Waals surface area (Å²) in [7, 11) is 0. The molecule has 17 heavy (non-hydrogen) atoms. The molecule has 0 fully saturated rings. The van der Waals surface area contributed by atoms with Crippen molar-refractivity contribution < 1.29 is 19.1 Å². The number of aliphatic carboxylic acids is 1. The molecular formula is C11H11ClFNO3. The van der Waals surface area contributed by atoms with Crippen LogP contribution in [-0.2, 0) is 9.59 Å². The second-order valence-corrected chi connectivity index (χ2v) is 3.95. The van der Waals surface area contributed by atoms with Gasteiger partial charge in [0.1, 0.15) is 5.82 Å². The fourth-order valence-corrected chi connectivity index (χ4v) is 1.62. The molecule has 1 aromatic carbocycles. The molecule has 2 N–H and O–H groups in total. The molecule has 0 bridgehead atoms. The predicted molar refractivity (Wildman–Crippen MR) is 60.2 cm³/mol. The Balaban J connectivity index is 3.06. The van der Waals surface area contributed by atoms with Crippen molar-refractivity contribution in [2.75, 3.05) is 0 Å². The van der Waals surface area contributed by atoms with Crippen molar-refractivity contribution in [3.8, 4) is 0 Å². The Morgan fingerprint density at radius 3 is 2.71 bits per heavy atom. The van der Waals surface area contributed by atoms with Gasteiger partial charge in [0.05, 0.1) is 12.5 Å². The Morgan fingerprint density at radius 2 is 2.18 bits per heavy atom. The van der Waals surface area contributed by atoms with E-state index < -0.39 is 30.2 Å². The molecular weight excluding hydrogens is 249 g/mol. The summed E-state index contributed by atoms with van der Waals surface area (Å²) >= 11 is 5.71. The van der Waals surface area contributed by atoms with Crippen molar-refractivity contribution >= 4 is 23.5 Å². The molecule has 1 atom stereocenters. The summed E-state index contributed by atoms with van der Waals surface area (Å²) < 4.78 is 13.5. The number of carboxylic acid groups (broad SMARTS) is 1. The zero-order chi connectivity index (χ0) is 13.0. The lowest BCUT2D eigenvalue weighted by Crippen LogP contribution is -2.28. The van der Waals surface area contributed by atoms with Gasteiger partial charge in [-0.05, 0) is 18.2 Å². The van der Waals surface area contributed by atoms with E-state index in [0.29, 0.717) is 0 Å². The molecule has 0 saturated carbocycles. The lowest BCUT2D eigenvalue weighted by atomic mass is 10.0. The van der Waals surface area contributed by atoms with E-state index in [1.165, 1.54) is 19.1 Å². The van der Waals surface area contributed by atoms with Crippen LogP contribution in [0.25, 0.3) is 0 Å². The van der Waals surface area contributed by atoms with Crippen LogP contribution < -0.4 is 5.32 Å². The standard InChI is InChI=1S/C11H11ClFNO3/c1-6(15)14-10(5-11(16)17)8-4-7(12)2-3-9(8)13/h2-4,10H,5H2,1H3,(H,14,15)(H,16,17)/t10-/m0/s1. The Morgan fingerprint density at radius 1 is 1.53 bits per heavy atom. The fraction of sp³-hybridized carbons (Fsp3) is 0.273. The number of hydrogen-bond donors (Lipinski definition) is 2. The first-order chi connectivity index (χ1) is 7.90. The summed E-state index contributed by atoms with van der Waals surface area (Å²) in [5.41, 5.74) is 0.0649. The summed E-state index contributed by atoms with van der Waals surface area (Å²) in [6.07, 6.45) is -0.406. The smallest absolute Gasteiger partial charge is 0.305 e. The van der Waals surface area contributed by atoms with Crippen molar-refractivity contribution in [1.82, 2.24) is 5.32 Å². The van der Waals surface area contributed by atoms with Gasteiger partial charge in [-0.25, -0.2) is 4.39 Å². The molecule has 0 radical (unpaired) electrons. The Kier molecular flexibility index (Phi) is 4.45. The quantitative estimate of drug-likeness (QED) is 0.870. The van der Waals surface area contributed by atoms with Crippen molar-refractivity contribution in [3.63, 3.8) is 0 Å². The Bertz CT molecular complexity index is 434. The number of carbonyl (C=O) groups excluding carboxylic acids is 1. The average Bonchev–Trinajstić information content (AvgIpc) is 2.19. The van der Waals surface area contributed by atoms with Gasteiger partial charge in [-0.3, -0.25) is 9.59 Å². The van der Waals surface area contributed by atoms with Crippen LogP contribution in [0, 0.1) is 5.82 Å². The van der Waals surface area contributed by atoms with Crippen LogP contribution in [0.4, 0.5) is 4.39 Å². The summed E-state index contributed by atoms with van der Waals surface area (Å²) in [4.78, 5) is 21.6. The van der Waals surface area contributed by atoms with E-state index in [1.54, 1.807) is 0 Å². The fourth-order valence-electron chi connectivity index (χ4n) is 1.44. The molecule has 0 saturated heterocycles. The molecule has 0 aliphatic heterocycles. The largest absolute Gasteiger partial charge is 0.481 e. The number of hydrogen-bond acceptors (Lipinski definition) is 2. The van der Waals surface area contributed by atoms with Crippen LogP contribution >= 0.6 is 11.6 Å². The van der Waals surface area contributed by atoms with E-state index in [9.17, 15) is 14.0 Å². The molecule has 4 nitrogen and oxygen atoms in total. The molecule has 1 amide bonds. The van der Waals surface area contributed by atoms with Gasteiger partial charge in [-0.1, -0.05) is 11.6 Å². The second kappa shape index (κ2) is 5.63. The maximum Gasteiger partial charge on any atom is 0.305 e. The van der Waals surface area contributed by atoms with Crippen LogP contribution in [0.3, 0.4) is 0 Å². The van der Waals surface area contributed by atoms with E-state index in [4.69, 9.17) is 16.7 Å². The van der Waals surface area contributed by atoms with Gasteiger partial charge in [0.25, 0.3) is 0 Å². The molecule has 0 aliphatic rings. The summed E-state index contributed by atoms with van der Waals surface area (Å²) in [6, 6.07) is 2.87. The highest BCUT2D eigenvalue weighted by Crippen LogP contribution is 2.23. The minimum absolute atomic E-state index is 0.0649. The van der Waals surface area contributed by atoms with Gasteiger partial charge in [0.15, 0.2) is 0 Å². The Hall–Kier alpha value is -1.62. The third-order valence-electron chi connectivity index (χ3n) is 2.09. The zero-order valence-electron chi connectivity index (χ0n) is 9.04. The topological polar surface area (TPSA) is 66.4 Å². The highest BCUT2D eigenvalue weighted by atomic mass is 35.5. The lowest BCUT2D eigenvalue weighted by Gasteiger charge is -2.17. The van der Waals surface area contributed by atoms with Crippen molar-refractivity contribution in [2.24, 2.45) is 0 Å². The van der Waals surface area contributed by atoms with Gasteiger partial charge in [-0.15, -0.1) is 0 Å². The van der Waals surface area contributed by atoms with Crippen LogP contribution in [-0.4, -0.2) is 17.0 Å². The first-order valence-electron chi connectivity index (χ1n) is 4.84. The molecule has 0 aliphatic carbocycles. The first kappa shape index (κ1) is 13.4. The SMILES string of the molecule is CC(=O)N[C@@H](CC(=O)O)c1cc(Cl)ccc1F. The second-order valence-electron chi connectivity index (χ2n) is 3.52. The third kappa shape index (κ3) is 4.03. The van der Waals surface area contributed by atoms with E-state index in [-0.39, 0.29) is 10.6 Å². The van der Waals surface area contributed by atoms with Crippen LogP contribution in [0.5, 0.6) is 0 Å². The number of carbonyl (C=O) groups is 2. The minimum atomic E-state index is -1.14. The number of halogens is 2. The molecule has 92 valence electrons. The summed E-state index contributed by atoms with van der Waals surface area (Å²) in [6.45, 7) is 1.23. The van der Waals surface area contributed by atoms with Crippen molar-refractivity contribution in [1.29, 1.82) is 0 Å². The number of nitrogens with one attached hydrogen (secondary N) is 1. The number of rotatable bonds is 4. The van der Waals surface area contributed by atoms with E-state index in [1.807, 2.05) is 0 Å². The molecule has 1 rings (SSSR count). The van der Waals surface area contributed by atoms with Crippen molar-refractivity contribution in [3.05, 3.63) is 34.6 Å². The maximum atomic E-state index is 13.5. The number of carboxylic acids is 1. The third-order valence-corrected chi connectivity index (χ3v) is 2.32. The molecule has 0 heterocycles. The van der Waals surface area contributed by atoms with Gasteiger partial charge in [0, 0.05) is 17.5 Å². The van der Waals surface area contributed by atoms with Crippen LogP contribution in [0.2, 0.25) is 5.02 Å². The molecule has 6 heteroatoms.